The molecule has 27 heavy (non-hydrogen) atoms. The summed E-state index contributed by atoms with van der Waals surface area (Å²) in [5.74, 6) is 1.99. The number of rotatable bonds is 6. The largest absolute Gasteiger partial charge is 0.497 e. The van der Waals surface area contributed by atoms with Crippen LogP contribution >= 0.6 is 0 Å². The molecular formula is C20H29N3O4. The van der Waals surface area contributed by atoms with Gasteiger partial charge < -0.3 is 24.6 Å². The first-order valence-electron chi connectivity index (χ1n) is 9.64. The highest BCUT2D eigenvalue weighted by atomic mass is 16.5. The zero-order valence-corrected chi connectivity index (χ0v) is 16.2. The standard InChI is InChI=1S/C20H29N3O4/c1-26-17-12-15(13-18(14-17)27-2)6-7-21-20(25)23-9-3-8-22(10-11-23)19(24)16-4-5-16/h12-14,16H,3-11H2,1-2H3,(H,21,25). The second kappa shape index (κ2) is 8.97. The number of benzene rings is 1. The van der Waals surface area contributed by atoms with Crippen molar-refractivity contribution in [1.29, 1.82) is 0 Å². The molecule has 0 radical (unpaired) electrons. The monoisotopic (exact) mass is 375 g/mol. The molecule has 1 N–H and O–H groups in total. The summed E-state index contributed by atoms with van der Waals surface area (Å²) in [5, 5.41) is 2.98. The molecule has 3 rings (SSSR count). The van der Waals surface area contributed by atoms with Crippen molar-refractivity contribution >= 4 is 11.9 Å². The maximum Gasteiger partial charge on any atom is 0.317 e. The number of carbonyl (C=O) groups is 2. The first-order chi connectivity index (χ1) is 13.1. The third kappa shape index (κ3) is 5.28. The summed E-state index contributed by atoms with van der Waals surface area (Å²) in [7, 11) is 3.24. The van der Waals surface area contributed by atoms with E-state index < -0.39 is 0 Å². The van der Waals surface area contributed by atoms with Crippen LogP contribution in [0, 0.1) is 5.92 Å². The van der Waals surface area contributed by atoms with Crippen LogP contribution in [0.1, 0.15) is 24.8 Å². The van der Waals surface area contributed by atoms with Gasteiger partial charge in [-0.2, -0.15) is 0 Å². The van der Waals surface area contributed by atoms with Gasteiger partial charge in [-0.25, -0.2) is 4.79 Å². The Morgan fingerprint density at radius 1 is 1.00 bits per heavy atom. The number of nitrogens with one attached hydrogen (secondary N) is 1. The average molecular weight is 375 g/mol. The maximum absolute atomic E-state index is 12.5. The van der Waals surface area contributed by atoms with E-state index in [1.54, 1.807) is 14.2 Å². The Bertz CT molecular complexity index is 653. The fraction of sp³-hybridized carbons (Fsp3) is 0.600. The van der Waals surface area contributed by atoms with Gasteiger partial charge in [0.15, 0.2) is 0 Å². The summed E-state index contributed by atoms with van der Waals surface area (Å²) in [4.78, 5) is 28.4. The molecule has 1 saturated heterocycles. The van der Waals surface area contributed by atoms with Crippen molar-refractivity contribution in [2.45, 2.75) is 25.7 Å². The van der Waals surface area contributed by atoms with Crippen LogP contribution in [0.15, 0.2) is 18.2 Å². The fourth-order valence-corrected chi connectivity index (χ4v) is 3.37. The molecule has 0 aromatic heterocycles. The molecule has 148 valence electrons. The van der Waals surface area contributed by atoms with E-state index in [9.17, 15) is 9.59 Å². The molecule has 0 unspecified atom stereocenters. The molecule has 1 aliphatic carbocycles. The number of hydrogen-bond acceptors (Lipinski definition) is 4. The number of hydrogen-bond donors (Lipinski definition) is 1. The SMILES string of the molecule is COc1cc(CCNC(=O)N2CCCN(C(=O)C3CC3)CC2)cc(OC)c1. The second-order valence-corrected chi connectivity index (χ2v) is 7.14. The van der Waals surface area contributed by atoms with Gasteiger partial charge in [-0.1, -0.05) is 0 Å². The molecule has 0 bridgehead atoms. The molecule has 7 heteroatoms. The second-order valence-electron chi connectivity index (χ2n) is 7.14. The number of nitrogens with zero attached hydrogens (tertiary/aromatic N) is 2. The molecule has 0 atom stereocenters. The van der Waals surface area contributed by atoms with E-state index in [4.69, 9.17) is 9.47 Å². The lowest BCUT2D eigenvalue weighted by Gasteiger charge is -2.22. The zero-order valence-electron chi connectivity index (χ0n) is 16.2. The van der Waals surface area contributed by atoms with Gasteiger partial charge in [0, 0.05) is 44.7 Å². The Morgan fingerprint density at radius 2 is 1.63 bits per heavy atom. The van der Waals surface area contributed by atoms with Crippen molar-refractivity contribution in [3.63, 3.8) is 0 Å². The smallest absolute Gasteiger partial charge is 0.317 e. The molecule has 1 aromatic rings. The molecule has 1 saturated carbocycles. The molecule has 1 aliphatic heterocycles. The molecular weight excluding hydrogens is 346 g/mol. The van der Waals surface area contributed by atoms with E-state index in [2.05, 4.69) is 5.32 Å². The van der Waals surface area contributed by atoms with Gasteiger partial charge in [-0.15, -0.1) is 0 Å². The molecule has 1 aromatic carbocycles. The van der Waals surface area contributed by atoms with Crippen molar-refractivity contribution < 1.29 is 19.1 Å². The molecule has 0 spiro atoms. The minimum absolute atomic E-state index is 0.0643. The third-order valence-corrected chi connectivity index (χ3v) is 5.12. The van der Waals surface area contributed by atoms with Crippen LogP contribution in [-0.2, 0) is 11.2 Å². The summed E-state index contributed by atoms with van der Waals surface area (Å²) in [5.41, 5.74) is 1.04. The van der Waals surface area contributed by atoms with Gasteiger partial charge in [0.25, 0.3) is 0 Å². The Kier molecular flexibility index (Phi) is 6.42. The Balaban J connectivity index is 1.46. The van der Waals surface area contributed by atoms with Crippen LogP contribution in [0.2, 0.25) is 0 Å². The summed E-state index contributed by atoms with van der Waals surface area (Å²) in [6.45, 7) is 3.21. The van der Waals surface area contributed by atoms with E-state index in [0.717, 1.165) is 42.9 Å². The topological polar surface area (TPSA) is 71.1 Å². The van der Waals surface area contributed by atoms with Gasteiger partial charge >= 0.3 is 6.03 Å². The fourth-order valence-electron chi connectivity index (χ4n) is 3.37. The highest BCUT2D eigenvalue weighted by molar-refractivity contribution is 5.81. The Morgan fingerprint density at radius 3 is 2.26 bits per heavy atom. The Hall–Kier alpha value is -2.44. The van der Waals surface area contributed by atoms with Crippen molar-refractivity contribution in [3.05, 3.63) is 23.8 Å². The van der Waals surface area contributed by atoms with E-state index in [-0.39, 0.29) is 17.9 Å². The lowest BCUT2D eigenvalue weighted by atomic mass is 10.1. The van der Waals surface area contributed by atoms with Gasteiger partial charge in [-0.3, -0.25) is 4.79 Å². The summed E-state index contributed by atoms with van der Waals surface area (Å²) in [6.07, 6.45) is 3.57. The van der Waals surface area contributed by atoms with E-state index in [1.807, 2.05) is 28.0 Å². The van der Waals surface area contributed by atoms with E-state index >= 15 is 0 Å². The van der Waals surface area contributed by atoms with Gasteiger partial charge in [0.2, 0.25) is 5.91 Å². The average Bonchev–Trinajstić information content (AvgIpc) is 3.53. The number of urea groups is 1. The number of carbonyl (C=O) groups excluding carboxylic acids is 2. The summed E-state index contributed by atoms with van der Waals surface area (Å²) in [6, 6.07) is 5.66. The van der Waals surface area contributed by atoms with Gasteiger partial charge in [0.1, 0.15) is 11.5 Å². The first kappa shape index (κ1) is 19.3. The van der Waals surface area contributed by atoms with Gasteiger partial charge in [-0.05, 0) is 43.4 Å². The van der Waals surface area contributed by atoms with Crippen molar-refractivity contribution in [2.75, 3.05) is 46.9 Å². The number of amides is 3. The molecule has 3 amide bonds. The summed E-state index contributed by atoms with van der Waals surface area (Å²) < 4.78 is 10.6. The zero-order chi connectivity index (χ0) is 19.2. The van der Waals surface area contributed by atoms with Crippen LogP contribution in [0.3, 0.4) is 0 Å². The van der Waals surface area contributed by atoms with Gasteiger partial charge in [0.05, 0.1) is 14.2 Å². The molecule has 1 heterocycles. The number of ether oxygens (including phenoxy) is 2. The van der Waals surface area contributed by atoms with Crippen molar-refractivity contribution in [2.24, 2.45) is 5.92 Å². The molecule has 2 fully saturated rings. The lowest BCUT2D eigenvalue weighted by molar-refractivity contribution is -0.132. The molecule has 7 nitrogen and oxygen atoms in total. The van der Waals surface area contributed by atoms with Crippen LogP contribution in [0.5, 0.6) is 11.5 Å². The number of methoxy groups -OCH3 is 2. The van der Waals surface area contributed by atoms with E-state index in [1.165, 1.54) is 0 Å². The normalized spacial score (nSPS) is 17.3. The van der Waals surface area contributed by atoms with E-state index in [0.29, 0.717) is 32.6 Å². The van der Waals surface area contributed by atoms with Crippen LogP contribution in [0.4, 0.5) is 4.79 Å². The van der Waals surface area contributed by atoms with Crippen molar-refractivity contribution in [1.82, 2.24) is 15.1 Å². The lowest BCUT2D eigenvalue weighted by Crippen LogP contribution is -2.43. The first-order valence-corrected chi connectivity index (χ1v) is 9.64. The molecule has 2 aliphatic rings. The third-order valence-electron chi connectivity index (χ3n) is 5.12. The highest BCUT2D eigenvalue weighted by Crippen LogP contribution is 2.31. The quantitative estimate of drug-likeness (QED) is 0.824. The highest BCUT2D eigenvalue weighted by Gasteiger charge is 2.34. The predicted octanol–water partition coefficient (Wildman–Crippen LogP) is 1.90. The van der Waals surface area contributed by atoms with Crippen LogP contribution < -0.4 is 14.8 Å². The predicted molar refractivity (Wildman–Crippen MR) is 102 cm³/mol. The summed E-state index contributed by atoms with van der Waals surface area (Å²) >= 11 is 0. The van der Waals surface area contributed by atoms with Crippen LogP contribution in [0.25, 0.3) is 0 Å². The van der Waals surface area contributed by atoms with Crippen LogP contribution in [-0.4, -0.2) is 68.7 Å². The minimum atomic E-state index is -0.0643. The minimum Gasteiger partial charge on any atom is -0.497 e. The Labute approximate surface area is 160 Å². The van der Waals surface area contributed by atoms with Crippen molar-refractivity contribution in [3.8, 4) is 11.5 Å². The maximum atomic E-state index is 12.5.